The van der Waals surface area contributed by atoms with Gasteiger partial charge in [0, 0.05) is 44.3 Å². The van der Waals surface area contributed by atoms with E-state index in [4.69, 9.17) is 4.74 Å². The molecule has 1 saturated heterocycles. The molecule has 0 aromatic heterocycles. The van der Waals surface area contributed by atoms with Crippen LogP contribution in [0.5, 0.6) is 0 Å². The molecule has 8 nitrogen and oxygen atoms in total. The highest BCUT2D eigenvalue weighted by Gasteiger charge is 2.35. The molecule has 3 rings (SSSR count). The molecule has 34 heavy (non-hydrogen) atoms. The molecule has 0 spiro atoms. The minimum Gasteiger partial charge on any atom is -0.444 e. The number of ether oxygens (including phenoxy) is 1. The molecule has 2 aliphatic heterocycles. The van der Waals surface area contributed by atoms with Gasteiger partial charge in [0.2, 0.25) is 15.9 Å². The number of hydrogen-bond acceptors (Lipinski definition) is 5. The summed E-state index contributed by atoms with van der Waals surface area (Å²) in [6.07, 6.45) is 1.86. The zero-order valence-corrected chi connectivity index (χ0v) is 22.3. The van der Waals surface area contributed by atoms with Crippen LogP contribution in [0.2, 0.25) is 0 Å². The third-order valence-electron chi connectivity index (χ3n) is 6.43. The zero-order chi connectivity index (χ0) is 25.4. The Bertz CT molecular complexity index is 1030. The largest absolute Gasteiger partial charge is 0.444 e. The Morgan fingerprint density at radius 3 is 2.50 bits per heavy atom. The van der Waals surface area contributed by atoms with Crippen LogP contribution in [0.15, 0.2) is 23.1 Å². The molecule has 2 heterocycles. The number of carbonyl (C=O) groups is 2. The van der Waals surface area contributed by atoms with E-state index in [9.17, 15) is 18.0 Å². The van der Waals surface area contributed by atoms with Gasteiger partial charge in [0.05, 0.1) is 4.90 Å². The van der Waals surface area contributed by atoms with Gasteiger partial charge in [0.25, 0.3) is 0 Å². The number of hydrogen-bond donors (Lipinski definition) is 0. The second-order valence-electron chi connectivity index (χ2n) is 10.8. The zero-order valence-electron chi connectivity index (χ0n) is 21.5. The second kappa shape index (κ2) is 9.85. The predicted octanol–water partition coefficient (Wildman–Crippen LogP) is 4.03. The average Bonchev–Trinajstić information content (AvgIpc) is 3.05. The number of piperidine rings is 1. The summed E-state index contributed by atoms with van der Waals surface area (Å²) >= 11 is 0. The Kier molecular flexibility index (Phi) is 7.67. The van der Waals surface area contributed by atoms with Gasteiger partial charge in [-0.15, -0.1) is 0 Å². The van der Waals surface area contributed by atoms with E-state index in [1.54, 1.807) is 28.0 Å². The lowest BCUT2D eigenvalue weighted by molar-refractivity contribution is -0.116. The van der Waals surface area contributed by atoms with Crippen LogP contribution in [0.4, 0.5) is 10.5 Å². The first-order valence-electron chi connectivity index (χ1n) is 12.1. The Hall–Kier alpha value is -2.13. The van der Waals surface area contributed by atoms with Crippen LogP contribution in [0.3, 0.4) is 0 Å². The lowest BCUT2D eigenvalue weighted by Gasteiger charge is -2.37. The van der Waals surface area contributed by atoms with Crippen molar-refractivity contribution in [2.24, 2.45) is 5.92 Å². The smallest absolute Gasteiger partial charge is 0.410 e. The van der Waals surface area contributed by atoms with Crippen molar-refractivity contribution in [3.8, 4) is 0 Å². The summed E-state index contributed by atoms with van der Waals surface area (Å²) in [5.41, 5.74) is 1.09. The fraction of sp³-hybridized carbons (Fsp3) is 0.680. The molecule has 2 unspecified atom stereocenters. The minimum atomic E-state index is -3.68. The highest BCUT2D eigenvalue weighted by molar-refractivity contribution is 7.89. The van der Waals surface area contributed by atoms with Gasteiger partial charge in [-0.05, 0) is 90.5 Å². The van der Waals surface area contributed by atoms with Gasteiger partial charge >= 0.3 is 6.09 Å². The number of fused-ring (bicyclic) bond motifs is 1. The number of rotatable bonds is 5. The molecule has 1 fully saturated rings. The molecular formula is C25H39N3O5S. The van der Waals surface area contributed by atoms with Gasteiger partial charge in [-0.3, -0.25) is 4.79 Å². The van der Waals surface area contributed by atoms with Gasteiger partial charge < -0.3 is 14.5 Å². The van der Waals surface area contributed by atoms with Crippen molar-refractivity contribution in [3.63, 3.8) is 0 Å². The molecule has 1 aromatic carbocycles. The third kappa shape index (κ3) is 5.74. The maximum atomic E-state index is 13.5. The number of carbonyl (C=O) groups excluding carboxylic acids is 2. The minimum absolute atomic E-state index is 0.0136. The quantitative estimate of drug-likeness (QED) is 0.618. The molecule has 2 aliphatic rings. The van der Waals surface area contributed by atoms with Crippen LogP contribution in [-0.2, 0) is 26.0 Å². The number of nitrogens with zero attached hydrogens (tertiary/aromatic N) is 3. The molecule has 190 valence electrons. The third-order valence-corrected chi connectivity index (χ3v) is 8.29. The Morgan fingerprint density at radius 2 is 1.91 bits per heavy atom. The van der Waals surface area contributed by atoms with Crippen LogP contribution in [0.25, 0.3) is 0 Å². The van der Waals surface area contributed by atoms with E-state index in [1.165, 1.54) is 11.2 Å². The predicted molar refractivity (Wildman–Crippen MR) is 132 cm³/mol. The molecule has 9 heteroatoms. The first-order chi connectivity index (χ1) is 15.7. The van der Waals surface area contributed by atoms with E-state index < -0.39 is 15.6 Å². The summed E-state index contributed by atoms with van der Waals surface area (Å²) in [4.78, 5) is 28.4. The summed E-state index contributed by atoms with van der Waals surface area (Å²) in [6, 6.07) is 5.03. The summed E-state index contributed by atoms with van der Waals surface area (Å²) in [5.74, 6) is -0.0125. The van der Waals surface area contributed by atoms with Gasteiger partial charge in [-0.1, -0.05) is 0 Å². The van der Waals surface area contributed by atoms with Gasteiger partial charge in [0.1, 0.15) is 5.60 Å². The highest BCUT2D eigenvalue weighted by Crippen LogP contribution is 2.35. The number of benzene rings is 1. The fourth-order valence-electron chi connectivity index (χ4n) is 4.89. The lowest BCUT2D eigenvalue weighted by Crippen LogP contribution is -2.48. The van der Waals surface area contributed by atoms with Crippen molar-refractivity contribution in [1.82, 2.24) is 9.21 Å². The number of sulfonamides is 1. The Balaban J connectivity index is 1.76. The fourth-order valence-corrected chi connectivity index (χ4v) is 6.49. The van der Waals surface area contributed by atoms with Crippen molar-refractivity contribution in [1.29, 1.82) is 0 Å². The van der Waals surface area contributed by atoms with E-state index in [0.717, 1.165) is 24.1 Å². The number of amides is 2. The van der Waals surface area contributed by atoms with Crippen molar-refractivity contribution in [2.45, 2.75) is 90.3 Å². The maximum Gasteiger partial charge on any atom is 0.410 e. The van der Waals surface area contributed by atoms with Crippen molar-refractivity contribution in [2.75, 3.05) is 24.5 Å². The van der Waals surface area contributed by atoms with Crippen LogP contribution >= 0.6 is 0 Å². The van der Waals surface area contributed by atoms with E-state index in [2.05, 4.69) is 0 Å². The SMILES string of the molecule is CC(=O)N1c2ccc(S(=O)(=O)N3CCCC(CN(C(=O)OC(C)(C)C)C(C)C)C3)cc2CC1C. The molecule has 0 radical (unpaired) electrons. The van der Waals surface area contributed by atoms with Gasteiger partial charge in [0.15, 0.2) is 0 Å². The standard InChI is InChI=1S/C25H39N3O5S/c1-17(2)27(24(30)33-25(5,6)7)16-20-9-8-12-26(15-20)34(31,32)22-10-11-23-21(14-22)13-18(3)28(23)19(4)29/h10-11,14,17-18,20H,8-9,12-13,15-16H2,1-7H3. The van der Waals surface area contributed by atoms with E-state index in [0.29, 0.717) is 26.1 Å². The van der Waals surface area contributed by atoms with E-state index >= 15 is 0 Å². The monoisotopic (exact) mass is 493 g/mol. The summed E-state index contributed by atoms with van der Waals surface area (Å²) in [6.45, 7) is 14.2. The molecule has 1 aromatic rings. The lowest BCUT2D eigenvalue weighted by atomic mass is 9.98. The first kappa shape index (κ1) is 26.5. The molecule has 2 atom stereocenters. The summed E-state index contributed by atoms with van der Waals surface area (Å²) in [5, 5.41) is 0. The molecule has 2 amide bonds. The van der Waals surface area contributed by atoms with Crippen LogP contribution in [-0.4, -0.2) is 66.9 Å². The molecular weight excluding hydrogens is 454 g/mol. The van der Waals surface area contributed by atoms with Crippen molar-refractivity contribution >= 4 is 27.7 Å². The Labute approximate surface area is 204 Å². The maximum absolute atomic E-state index is 13.5. The van der Waals surface area contributed by atoms with E-state index in [-0.39, 0.29) is 34.9 Å². The van der Waals surface area contributed by atoms with Crippen LogP contribution in [0.1, 0.15) is 66.9 Å². The second-order valence-corrected chi connectivity index (χ2v) is 12.8. The van der Waals surface area contributed by atoms with Crippen molar-refractivity contribution in [3.05, 3.63) is 23.8 Å². The van der Waals surface area contributed by atoms with Crippen LogP contribution < -0.4 is 4.90 Å². The van der Waals surface area contributed by atoms with Gasteiger partial charge in [-0.2, -0.15) is 4.31 Å². The van der Waals surface area contributed by atoms with Crippen LogP contribution in [0, 0.1) is 5.92 Å². The molecule has 0 saturated carbocycles. The number of anilines is 1. The van der Waals surface area contributed by atoms with Gasteiger partial charge in [-0.25, -0.2) is 13.2 Å². The summed E-state index contributed by atoms with van der Waals surface area (Å²) in [7, 11) is -3.68. The first-order valence-corrected chi connectivity index (χ1v) is 13.6. The highest BCUT2D eigenvalue weighted by atomic mass is 32.2. The average molecular weight is 494 g/mol. The normalized spacial score (nSPS) is 21.5. The molecule has 0 N–H and O–H groups in total. The Morgan fingerprint density at radius 1 is 1.24 bits per heavy atom. The molecule has 0 aliphatic carbocycles. The van der Waals surface area contributed by atoms with Crippen molar-refractivity contribution < 1.29 is 22.7 Å². The topological polar surface area (TPSA) is 87.2 Å². The van der Waals surface area contributed by atoms with E-state index in [1.807, 2.05) is 41.5 Å². The summed E-state index contributed by atoms with van der Waals surface area (Å²) < 4.78 is 34.1. The molecule has 0 bridgehead atoms.